The fourth-order valence-corrected chi connectivity index (χ4v) is 4.66. The minimum atomic E-state index is -4.77. The molecule has 3 heterocycles. The van der Waals surface area contributed by atoms with Crippen molar-refractivity contribution < 1.29 is 31.5 Å². The molecule has 3 aromatic carbocycles. The Morgan fingerprint density at radius 2 is 1.79 bits per heavy atom. The number of alkyl halides is 3. The Labute approximate surface area is 210 Å². The maximum atomic E-state index is 15.3. The number of H-pyrrole nitrogens is 2. The van der Waals surface area contributed by atoms with E-state index in [2.05, 4.69) is 15.2 Å². The van der Waals surface area contributed by atoms with Crippen LogP contribution in [-0.2, 0) is 0 Å². The normalized spacial score (nSPS) is 15.3. The molecule has 0 saturated carbocycles. The maximum absolute atomic E-state index is 15.3. The molecule has 0 spiro atoms. The van der Waals surface area contributed by atoms with E-state index in [1.165, 1.54) is 18.2 Å². The molecule has 6 rings (SSSR count). The van der Waals surface area contributed by atoms with E-state index >= 15 is 4.39 Å². The van der Waals surface area contributed by atoms with E-state index in [9.17, 15) is 22.8 Å². The van der Waals surface area contributed by atoms with Crippen molar-refractivity contribution in [2.75, 3.05) is 6.54 Å². The van der Waals surface area contributed by atoms with Crippen LogP contribution in [0.2, 0.25) is 0 Å². The number of nitrogens with one attached hydrogen (secondary N) is 2. The van der Waals surface area contributed by atoms with Crippen molar-refractivity contribution in [2.45, 2.75) is 12.2 Å². The highest BCUT2D eigenvalue weighted by molar-refractivity contribution is 6.02. The quantitative estimate of drug-likeness (QED) is 0.294. The SMILES string of the molecule is O=C1c2[nH]nc(-c3cccc4[nH]c(=O)oc34)c2C(c2cc(Oc3ccccc3)ccc2F)N1CC(F)(F)F. The van der Waals surface area contributed by atoms with Gasteiger partial charge in [-0.2, -0.15) is 18.3 Å². The fraction of sp³-hybridized carbons (Fsp3) is 0.115. The Hall–Kier alpha value is -4.87. The lowest BCUT2D eigenvalue weighted by atomic mass is 9.95. The van der Waals surface area contributed by atoms with Crippen molar-refractivity contribution >= 4 is 17.0 Å². The highest BCUT2D eigenvalue weighted by Gasteiger charge is 2.47. The zero-order chi connectivity index (χ0) is 26.6. The number of aromatic amines is 2. The number of amides is 1. The minimum Gasteiger partial charge on any atom is -0.457 e. The van der Waals surface area contributed by atoms with E-state index in [4.69, 9.17) is 9.15 Å². The fourth-order valence-electron chi connectivity index (χ4n) is 4.66. The van der Waals surface area contributed by atoms with E-state index in [0.717, 1.165) is 6.07 Å². The Morgan fingerprint density at radius 3 is 2.55 bits per heavy atom. The highest BCUT2D eigenvalue weighted by Crippen LogP contribution is 2.46. The van der Waals surface area contributed by atoms with Gasteiger partial charge < -0.3 is 14.1 Å². The zero-order valence-electron chi connectivity index (χ0n) is 19.2. The molecule has 0 saturated heterocycles. The number of hydrogen-bond acceptors (Lipinski definition) is 5. The van der Waals surface area contributed by atoms with Gasteiger partial charge in [-0.05, 0) is 42.5 Å². The van der Waals surface area contributed by atoms with Gasteiger partial charge >= 0.3 is 11.9 Å². The van der Waals surface area contributed by atoms with E-state index in [1.54, 1.807) is 42.5 Å². The van der Waals surface area contributed by atoms with Crippen LogP contribution in [0.4, 0.5) is 17.6 Å². The van der Waals surface area contributed by atoms with E-state index < -0.39 is 36.2 Å². The van der Waals surface area contributed by atoms with Gasteiger partial charge in [-0.25, -0.2) is 9.18 Å². The third-order valence-electron chi connectivity index (χ3n) is 6.16. The van der Waals surface area contributed by atoms with Crippen LogP contribution < -0.4 is 10.5 Å². The summed E-state index contributed by atoms with van der Waals surface area (Å²) in [5.41, 5.74) is 0.271. The first-order valence-electron chi connectivity index (χ1n) is 11.3. The number of rotatable bonds is 5. The molecule has 192 valence electrons. The maximum Gasteiger partial charge on any atom is 0.417 e. The first-order chi connectivity index (χ1) is 18.2. The molecule has 1 aliphatic rings. The van der Waals surface area contributed by atoms with Crippen molar-refractivity contribution in [3.05, 3.63) is 99.9 Å². The van der Waals surface area contributed by atoms with Gasteiger partial charge in [-0.1, -0.05) is 24.3 Å². The van der Waals surface area contributed by atoms with Crippen LogP contribution in [0.1, 0.15) is 27.7 Å². The Morgan fingerprint density at radius 1 is 1.00 bits per heavy atom. The Balaban J connectivity index is 1.54. The number of halogens is 4. The summed E-state index contributed by atoms with van der Waals surface area (Å²) in [6, 6.07) is 15.4. The van der Waals surface area contributed by atoms with Crippen molar-refractivity contribution in [1.29, 1.82) is 0 Å². The Kier molecular flexibility index (Phi) is 5.33. The van der Waals surface area contributed by atoms with Gasteiger partial charge in [0.2, 0.25) is 0 Å². The van der Waals surface area contributed by atoms with Gasteiger partial charge in [0.25, 0.3) is 5.91 Å². The van der Waals surface area contributed by atoms with Crippen molar-refractivity contribution in [3.8, 4) is 22.8 Å². The topological polar surface area (TPSA) is 104 Å². The van der Waals surface area contributed by atoms with Gasteiger partial charge in [0.05, 0.1) is 11.6 Å². The second-order valence-corrected chi connectivity index (χ2v) is 8.61. The summed E-state index contributed by atoms with van der Waals surface area (Å²) >= 11 is 0. The molecule has 12 heteroatoms. The summed E-state index contributed by atoms with van der Waals surface area (Å²) in [4.78, 5) is 28.0. The monoisotopic (exact) mass is 524 g/mol. The van der Waals surface area contributed by atoms with Gasteiger partial charge in [-0.3, -0.25) is 14.9 Å². The number of aromatic nitrogens is 3. The van der Waals surface area contributed by atoms with Gasteiger partial charge in [0.1, 0.15) is 35.2 Å². The van der Waals surface area contributed by atoms with Crippen molar-refractivity contribution in [1.82, 2.24) is 20.1 Å². The molecule has 0 fully saturated rings. The van der Waals surface area contributed by atoms with Crippen LogP contribution in [0.15, 0.2) is 75.9 Å². The lowest BCUT2D eigenvalue weighted by molar-refractivity contribution is -0.142. The summed E-state index contributed by atoms with van der Waals surface area (Å²) in [6.07, 6.45) is -4.77. The average Bonchev–Trinajstić information content (AvgIpc) is 3.54. The Bertz CT molecular complexity index is 1740. The number of fused-ring (bicyclic) bond motifs is 2. The number of oxazole rings is 1. The van der Waals surface area contributed by atoms with E-state index in [-0.39, 0.29) is 39.4 Å². The molecular weight excluding hydrogens is 508 g/mol. The molecule has 8 nitrogen and oxygen atoms in total. The number of ether oxygens (including phenoxy) is 1. The second kappa shape index (κ2) is 8.61. The predicted octanol–water partition coefficient (Wildman–Crippen LogP) is 5.55. The number of para-hydroxylation sites is 2. The molecule has 1 unspecified atom stereocenters. The molecule has 1 amide bonds. The number of hydrogen-bond donors (Lipinski definition) is 2. The van der Waals surface area contributed by atoms with Gasteiger partial charge in [-0.15, -0.1) is 0 Å². The van der Waals surface area contributed by atoms with Crippen LogP contribution in [0.5, 0.6) is 11.5 Å². The zero-order valence-corrected chi connectivity index (χ0v) is 19.2. The van der Waals surface area contributed by atoms with E-state index in [1.807, 2.05) is 0 Å². The number of nitrogens with zero attached hydrogens (tertiary/aromatic N) is 2. The molecule has 2 N–H and O–H groups in total. The number of benzene rings is 3. The molecule has 0 bridgehead atoms. The molecule has 38 heavy (non-hydrogen) atoms. The van der Waals surface area contributed by atoms with Crippen LogP contribution in [0, 0.1) is 5.82 Å². The summed E-state index contributed by atoms with van der Waals surface area (Å²) in [5.74, 6) is -2.01. The molecule has 0 radical (unpaired) electrons. The van der Waals surface area contributed by atoms with Crippen LogP contribution in [0.3, 0.4) is 0 Å². The predicted molar refractivity (Wildman–Crippen MR) is 126 cm³/mol. The first kappa shape index (κ1) is 23.5. The summed E-state index contributed by atoms with van der Waals surface area (Å²) in [7, 11) is 0. The molecule has 5 aromatic rings. The standard InChI is InChI=1S/C26H16F4N4O4/c27-17-10-9-14(37-13-5-2-1-3-6-13)11-16(17)22-19-20(15-7-4-8-18-23(15)38-25(36)31-18)32-33-21(19)24(35)34(22)12-26(28,29)30/h1-11,22H,12H2,(H,31,36)(H,32,33). The second-order valence-electron chi connectivity index (χ2n) is 8.61. The third-order valence-corrected chi connectivity index (χ3v) is 6.16. The first-order valence-corrected chi connectivity index (χ1v) is 11.3. The van der Waals surface area contributed by atoms with E-state index in [0.29, 0.717) is 16.2 Å². The van der Waals surface area contributed by atoms with Crippen LogP contribution in [0.25, 0.3) is 22.4 Å². The smallest absolute Gasteiger partial charge is 0.417 e. The molecular formula is C26H16F4N4O4. The third kappa shape index (κ3) is 3.99. The number of carbonyl (C=O) groups excluding carboxylic acids is 1. The average molecular weight is 524 g/mol. The van der Waals surface area contributed by atoms with Crippen LogP contribution >= 0.6 is 0 Å². The molecule has 1 atom stereocenters. The largest absolute Gasteiger partial charge is 0.457 e. The molecule has 0 aliphatic carbocycles. The van der Waals surface area contributed by atoms with Crippen molar-refractivity contribution in [3.63, 3.8) is 0 Å². The number of carbonyl (C=O) groups is 1. The lowest BCUT2D eigenvalue weighted by Crippen LogP contribution is -2.38. The molecule has 2 aromatic heterocycles. The summed E-state index contributed by atoms with van der Waals surface area (Å²) in [5, 5.41) is 6.66. The van der Waals surface area contributed by atoms with Crippen LogP contribution in [-0.4, -0.2) is 38.7 Å². The van der Waals surface area contributed by atoms with Gasteiger partial charge in [0.15, 0.2) is 5.58 Å². The van der Waals surface area contributed by atoms with Crippen molar-refractivity contribution in [2.24, 2.45) is 0 Å². The molecule has 1 aliphatic heterocycles. The lowest BCUT2D eigenvalue weighted by Gasteiger charge is -2.27. The minimum absolute atomic E-state index is 0.0198. The van der Waals surface area contributed by atoms with Gasteiger partial charge in [0, 0.05) is 16.7 Å². The summed E-state index contributed by atoms with van der Waals surface area (Å²) < 4.78 is 67.1. The highest BCUT2D eigenvalue weighted by atomic mass is 19.4. The summed E-state index contributed by atoms with van der Waals surface area (Å²) in [6.45, 7) is -1.63.